The van der Waals surface area contributed by atoms with Gasteiger partial charge in [-0.2, -0.15) is 8.42 Å². The molecule has 0 unspecified atom stereocenters. The van der Waals surface area contributed by atoms with Gasteiger partial charge < -0.3 is 4.74 Å². The Morgan fingerprint density at radius 3 is 2.38 bits per heavy atom. The van der Waals surface area contributed by atoms with E-state index in [1.54, 1.807) is 6.92 Å². The quantitative estimate of drug-likeness (QED) is 0.508. The van der Waals surface area contributed by atoms with Crippen LogP contribution in [0.15, 0.2) is 0 Å². The molecule has 0 bridgehead atoms. The van der Waals surface area contributed by atoms with Crippen molar-refractivity contribution in [2.45, 2.75) is 30.9 Å². The van der Waals surface area contributed by atoms with Crippen LogP contribution in [0.25, 0.3) is 0 Å². The zero-order valence-electron chi connectivity index (χ0n) is 7.25. The number of halogens is 1. The van der Waals surface area contributed by atoms with Crippen LogP contribution in [-0.4, -0.2) is 25.7 Å². The molecule has 0 spiro atoms. The second kappa shape index (κ2) is 3.25. The van der Waals surface area contributed by atoms with Crippen molar-refractivity contribution in [3.05, 3.63) is 0 Å². The summed E-state index contributed by atoms with van der Waals surface area (Å²) in [5.41, 5.74) is 0. The summed E-state index contributed by atoms with van der Waals surface area (Å²) >= 11 is 0. The first-order valence-corrected chi connectivity index (χ1v) is 5.39. The molecule has 0 aliphatic heterocycles. The number of carbonyl (C=O) groups excluding carboxylic acids is 1. The van der Waals surface area contributed by atoms with Crippen LogP contribution >= 0.6 is 0 Å². The van der Waals surface area contributed by atoms with Crippen molar-refractivity contribution < 1.29 is 21.8 Å². The Hall–Kier alpha value is -0.650. The molecule has 0 radical (unpaired) electrons. The third-order valence-electron chi connectivity index (χ3n) is 2.10. The fourth-order valence-electron chi connectivity index (χ4n) is 1.12. The molecule has 13 heavy (non-hydrogen) atoms. The van der Waals surface area contributed by atoms with Crippen LogP contribution in [0.5, 0.6) is 0 Å². The van der Waals surface area contributed by atoms with E-state index in [2.05, 4.69) is 4.74 Å². The summed E-state index contributed by atoms with van der Waals surface area (Å²) in [5.74, 6) is -0.652. The highest BCUT2D eigenvalue weighted by Gasteiger charge is 2.56. The Morgan fingerprint density at radius 2 is 2.08 bits per heavy atom. The fourth-order valence-corrected chi connectivity index (χ4v) is 2.00. The molecular weight excluding hydrogens is 199 g/mol. The molecular formula is C7H11FO4S. The Labute approximate surface area is 76.3 Å². The minimum Gasteiger partial charge on any atom is -0.466 e. The van der Waals surface area contributed by atoms with Gasteiger partial charge >= 0.3 is 16.2 Å². The van der Waals surface area contributed by atoms with Crippen LogP contribution in [0.2, 0.25) is 0 Å². The molecule has 0 heterocycles. The normalized spacial score (nSPS) is 19.5. The first-order chi connectivity index (χ1) is 5.91. The first kappa shape index (κ1) is 10.4. The number of hydrogen-bond acceptors (Lipinski definition) is 4. The summed E-state index contributed by atoms with van der Waals surface area (Å²) in [5, 5.41) is 0. The Morgan fingerprint density at radius 1 is 1.54 bits per heavy atom. The Bertz CT molecular complexity index is 304. The van der Waals surface area contributed by atoms with Crippen LogP contribution in [0.4, 0.5) is 3.89 Å². The second-order valence-corrected chi connectivity index (χ2v) is 4.84. The highest BCUT2D eigenvalue weighted by molar-refractivity contribution is 7.88. The summed E-state index contributed by atoms with van der Waals surface area (Å²) < 4.78 is 36.8. The average Bonchev–Trinajstić information content (AvgIpc) is 2.67. The molecule has 0 N–H and O–H groups in total. The molecule has 1 rings (SSSR count). The second-order valence-electron chi connectivity index (χ2n) is 3.10. The maximum atomic E-state index is 12.6. The van der Waals surface area contributed by atoms with Crippen molar-refractivity contribution in [1.29, 1.82) is 0 Å². The van der Waals surface area contributed by atoms with Crippen LogP contribution in [0.1, 0.15) is 26.2 Å². The molecule has 1 saturated carbocycles. The lowest BCUT2D eigenvalue weighted by atomic mass is 10.3. The van der Waals surface area contributed by atoms with Crippen LogP contribution < -0.4 is 0 Å². The molecule has 0 aromatic heterocycles. The number of rotatable bonds is 4. The third kappa shape index (κ3) is 2.18. The monoisotopic (exact) mass is 210 g/mol. The van der Waals surface area contributed by atoms with Gasteiger partial charge in [-0.3, -0.25) is 4.79 Å². The van der Waals surface area contributed by atoms with Gasteiger partial charge in [0.05, 0.1) is 13.0 Å². The van der Waals surface area contributed by atoms with Gasteiger partial charge in [-0.1, -0.05) is 0 Å². The van der Waals surface area contributed by atoms with E-state index in [0.717, 1.165) is 0 Å². The van der Waals surface area contributed by atoms with Gasteiger partial charge in [-0.25, -0.2) is 0 Å². The lowest BCUT2D eigenvalue weighted by Crippen LogP contribution is -2.24. The number of carbonyl (C=O) groups is 1. The standard InChI is InChI=1S/C7H11FO4S/c1-2-12-6(9)5-7(3-4-7)13(8,10)11/h2-5H2,1H3. The summed E-state index contributed by atoms with van der Waals surface area (Å²) in [7, 11) is -4.61. The Kier molecular flexibility index (Phi) is 2.61. The van der Waals surface area contributed by atoms with E-state index < -0.39 is 20.9 Å². The smallest absolute Gasteiger partial charge is 0.308 e. The Balaban J connectivity index is 2.59. The zero-order valence-corrected chi connectivity index (χ0v) is 8.06. The van der Waals surface area contributed by atoms with Gasteiger partial charge in [0.1, 0.15) is 4.75 Å². The lowest BCUT2D eigenvalue weighted by molar-refractivity contribution is -0.143. The first-order valence-electron chi connectivity index (χ1n) is 4.01. The topological polar surface area (TPSA) is 60.4 Å². The lowest BCUT2D eigenvalue weighted by Gasteiger charge is -2.08. The largest absolute Gasteiger partial charge is 0.466 e. The average molecular weight is 210 g/mol. The molecule has 0 saturated heterocycles. The maximum absolute atomic E-state index is 12.6. The van der Waals surface area contributed by atoms with Crippen molar-refractivity contribution in [3.63, 3.8) is 0 Å². The van der Waals surface area contributed by atoms with E-state index in [0.29, 0.717) is 0 Å². The van der Waals surface area contributed by atoms with Crippen molar-refractivity contribution in [3.8, 4) is 0 Å². The van der Waals surface area contributed by atoms with Gasteiger partial charge in [-0.15, -0.1) is 3.89 Å². The summed E-state index contributed by atoms with van der Waals surface area (Å²) in [6.07, 6.45) is 0.0645. The van der Waals surface area contributed by atoms with Crippen molar-refractivity contribution in [2.24, 2.45) is 0 Å². The van der Waals surface area contributed by atoms with Gasteiger partial charge in [-0.05, 0) is 19.8 Å². The van der Waals surface area contributed by atoms with Crippen molar-refractivity contribution in [2.75, 3.05) is 6.61 Å². The third-order valence-corrected chi connectivity index (χ3v) is 3.68. The molecule has 6 heteroatoms. The maximum Gasteiger partial charge on any atom is 0.308 e. The van der Waals surface area contributed by atoms with E-state index in [9.17, 15) is 17.1 Å². The summed E-state index contributed by atoms with van der Waals surface area (Å²) in [4.78, 5) is 10.9. The molecule has 76 valence electrons. The predicted octanol–water partition coefficient (Wildman–Crippen LogP) is 0.772. The molecule has 0 atom stereocenters. The van der Waals surface area contributed by atoms with Crippen molar-refractivity contribution >= 4 is 16.2 Å². The molecule has 0 aromatic carbocycles. The van der Waals surface area contributed by atoms with E-state index in [1.165, 1.54) is 0 Å². The fraction of sp³-hybridized carbons (Fsp3) is 0.857. The van der Waals surface area contributed by atoms with Crippen LogP contribution in [0, 0.1) is 0 Å². The van der Waals surface area contributed by atoms with Crippen molar-refractivity contribution in [1.82, 2.24) is 0 Å². The van der Waals surface area contributed by atoms with Gasteiger partial charge in [0.2, 0.25) is 0 Å². The van der Waals surface area contributed by atoms with Gasteiger partial charge in [0, 0.05) is 0 Å². The highest BCUT2D eigenvalue weighted by atomic mass is 32.3. The number of hydrogen-bond donors (Lipinski definition) is 0. The number of esters is 1. The zero-order chi connectivity index (χ0) is 10.1. The minimum absolute atomic E-state index is 0.182. The molecule has 0 amide bonds. The van der Waals surface area contributed by atoms with Crippen LogP contribution in [0.3, 0.4) is 0 Å². The van der Waals surface area contributed by atoms with Crippen LogP contribution in [-0.2, 0) is 19.8 Å². The molecule has 1 aliphatic carbocycles. The van der Waals surface area contributed by atoms with Gasteiger partial charge in [0.15, 0.2) is 0 Å². The van der Waals surface area contributed by atoms with E-state index >= 15 is 0 Å². The molecule has 1 fully saturated rings. The number of ether oxygens (including phenoxy) is 1. The van der Waals surface area contributed by atoms with E-state index in [4.69, 9.17) is 0 Å². The molecule has 0 aromatic rings. The SMILES string of the molecule is CCOC(=O)CC1(S(=O)(=O)F)CC1. The molecule has 1 aliphatic rings. The highest BCUT2D eigenvalue weighted by Crippen LogP contribution is 2.47. The predicted molar refractivity (Wildman–Crippen MR) is 43.2 cm³/mol. The molecule has 4 nitrogen and oxygen atoms in total. The van der Waals surface area contributed by atoms with Gasteiger partial charge in [0.25, 0.3) is 0 Å². The minimum atomic E-state index is -4.61. The van der Waals surface area contributed by atoms with E-state index in [1.807, 2.05) is 0 Å². The summed E-state index contributed by atoms with van der Waals surface area (Å²) in [6.45, 7) is 1.79. The van der Waals surface area contributed by atoms with E-state index in [-0.39, 0.29) is 25.9 Å². The summed E-state index contributed by atoms with van der Waals surface area (Å²) in [6, 6.07) is 0.